The SMILES string of the molecule is CC(C)NC(CCO)C(C)(C)C. The van der Waals surface area contributed by atoms with Crippen LogP contribution in [0.4, 0.5) is 0 Å². The molecule has 0 aromatic carbocycles. The lowest BCUT2D eigenvalue weighted by Crippen LogP contribution is -2.44. The van der Waals surface area contributed by atoms with Crippen LogP contribution in [0, 0.1) is 5.41 Å². The maximum Gasteiger partial charge on any atom is 0.0446 e. The zero-order chi connectivity index (χ0) is 9.78. The molecule has 0 rings (SSSR count). The van der Waals surface area contributed by atoms with E-state index in [1.165, 1.54) is 0 Å². The number of rotatable bonds is 4. The lowest BCUT2D eigenvalue weighted by atomic mass is 9.84. The summed E-state index contributed by atoms with van der Waals surface area (Å²) in [5.74, 6) is 0. The second-order valence-corrected chi connectivity index (χ2v) is 4.75. The van der Waals surface area contributed by atoms with Crippen molar-refractivity contribution >= 4 is 0 Å². The second-order valence-electron chi connectivity index (χ2n) is 4.75. The van der Waals surface area contributed by atoms with E-state index in [4.69, 9.17) is 5.11 Å². The molecular weight excluding hydrogens is 150 g/mol. The molecule has 1 unspecified atom stereocenters. The van der Waals surface area contributed by atoms with Crippen molar-refractivity contribution in [1.29, 1.82) is 0 Å². The first-order valence-corrected chi connectivity index (χ1v) is 4.75. The standard InChI is InChI=1S/C10H23NO/c1-8(2)11-9(6-7-12)10(3,4)5/h8-9,11-12H,6-7H2,1-5H3. The molecule has 0 heterocycles. The van der Waals surface area contributed by atoms with Crippen molar-refractivity contribution in [3.8, 4) is 0 Å². The summed E-state index contributed by atoms with van der Waals surface area (Å²) in [6.07, 6.45) is 0.835. The monoisotopic (exact) mass is 173 g/mol. The maximum absolute atomic E-state index is 8.87. The molecule has 0 aliphatic carbocycles. The summed E-state index contributed by atoms with van der Waals surface area (Å²) in [5.41, 5.74) is 0.229. The van der Waals surface area contributed by atoms with Gasteiger partial charge in [0.2, 0.25) is 0 Å². The fraction of sp³-hybridized carbons (Fsp3) is 1.00. The summed E-state index contributed by atoms with van der Waals surface area (Å²) < 4.78 is 0. The quantitative estimate of drug-likeness (QED) is 0.679. The Kier molecular flexibility index (Phi) is 4.80. The second kappa shape index (κ2) is 4.83. The van der Waals surface area contributed by atoms with Gasteiger partial charge in [-0.3, -0.25) is 0 Å². The summed E-state index contributed by atoms with van der Waals surface area (Å²) in [7, 11) is 0. The van der Waals surface area contributed by atoms with E-state index in [0.29, 0.717) is 12.1 Å². The normalized spacial score (nSPS) is 15.2. The van der Waals surface area contributed by atoms with E-state index in [1.807, 2.05) is 0 Å². The van der Waals surface area contributed by atoms with E-state index in [9.17, 15) is 0 Å². The molecule has 0 radical (unpaired) electrons. The smallest absolute Gasteiger partial charge is 0.0446 e. The molecule has 0 spiro atoms. The first-order chi connectivity index (χ1) is 5.38. The first-order valence-electron chi connectivity index (χ1n) is 4.75. The van der Waals surface area contributed by atoms with Gasteiger partial charge in [-0.1, -0.05) is 34.6 Å². The zero-order valence-electron chi connectivity index (χ0n) is 9.02. The molecule has 12 heavy (non-hydrogen) atoms. The van der Waals surface area contributed by atoms with Gasteiger partial charge in [-0.2, -0.15) is 0 Å². The van der Waals surface area contributed by atoms with Gasteiger partial charge in [-0.15, -0.1) is 0 Å². The van der Waals surface area contributed by atoms with Crippen LogP contribution < -0.4 is 5.32 Å². The van der Waals surface area contributed by atoms with Gasteiger partial charge in [0, 0.05) is 18.7 Å². The highest BCUT2D eigenvalue weighted by molar-refractivity contribution is 4.81. The minimum Gasteiger partial charge on any atom is -0.396 e. The number of nitrogens with one attached hydrogen (secondary N) is 1. The van der Waals surface area contributed by atoms with E-state index in [1.54, 1.807) is 0 Å². The average Bonchev–Trinajstić information content (AvgIpc) is 1.83. The van der Waals surface area contributed by atoms with Gasteiger partial charge in [0.05, 0.1) is 0 Å². The summed E-state index contributed by atoms with van der Waals surface area (Å²) in [5, 5.41) is 12.3. The molecule has 0 aliphatic rings. The maximum atomic E-state index is 8.87. The fourth-order valence-corrected chi connectivity index (χ4v) is 1.30. The van der Waals surface area contributed by atoms with Crippen LogP contribution in [-0.4, -0.2) is 23.8 Å². The van der Waals surface area contributed by atoms with Crippen molar-refractivity contribution in [2.45, 2.75) is 53.1 Å². The summed E-state index contributed by atoms with van der Waals surface area (Å²) in [6, 6.07) is 0.892. The Bertz CT molecular complexity index is 115. The van der Waals surface area contributed by atoms with Gasteiger partial charge >= 0.3 is 0 Å². The van der Waals surface area contributed by atoms with E-state index in [0.717, 1.165) is 6.42 Å². The van der Waals surface area contributed by atoms with Crippen LogP contribution in [0.1, 0.15) is 41.0 Å². The molecule has 0 saturated carbocycles. The zero-order valence-corrected chi connectivity index (χ0v) is 9.02. The molecular formula is C10H23NO. The van der Waals surface area contributed by atoms with Crippen molar-refractivity contribution in [2.24, 2.45) is 5.41 Å². The predicted molar refractivity (Wildman–Crippen MR) is 53.2 cm³/mol. The Morgan fingerprint density at radius 2 is 1.75 bits per heavy atom. The molecule has 74 valence electrons. The fourth-order valence-electron chi connectivity index (χ4n) is 1.30. The molecule has 0 bridgehead atoms. The van der Waals surface area contributed by atoms with Crippen LogP contribution in [-0.2, 0) is 0 Å². The van der Waals surface area contributed by atoms with Crippen LogP contribution in [0.15, 0.2) is 0 Å². The largest absolute Gasteiger partial charge is 0.396 e. The highest BCUT2D eigenvalue weighted by Gasteiger charge is 2.23. The van der Waals surface area contributed by atoms with Crippen molar-refractivity contribution < 1.29 is 5.11 Å². The van der Waals surface area contributed by atoms with Gasteiger partial charge in [0.25, 0.3) is 0 Å². The molecule has 0 amide bonds. The van der Waals surface area contributed by atoms with Crippen LogP contribution >= 0.6 is 0 Å². The highest BCUT2D eigenvalue weighted by Crippen LogP contribution is 2.21. The molecule has 1 atom stereocenters. The van der Waals surface area contributed by atoms with Gasteiger partial charge in [-0.25, -0.2) is 0 Å². The van der Waals surface area contributed by atoms with Crippen molar-refractivity contribution in [3.05, 3.63) is 0 Å². The molecule has 2 heteroatoms. The van der Waals surface area contributed by atoms with E-state index >= 15 is 0 Å². The minimum absolute atomic E-state index is 0.229. The molecule has 0 aromatic heterocycles. The Morgan fingerprint density at radius 3 is 2.00 bits per heavy atom. The minimum atomic E-state index is 0.229. The third kappa shape index (κ3) is 4.73. The van der Waals surface area contributed by atoms with Crippen LogP contribution in [0.5, 0.6) is 0 Å². The van der Waals surface area contributed by atoms with E-state index < -0.39 is 0 Å². The molecule has 0 saturated heterocycles. The van der Waals surface area contributed by atoms with Crippen LogP contribution in [0.25, 0.3) is 0 Å². The lowest BCUT2D eigenvalue weighted by molar-refractivity contribution is 0.190. The van der Waals surface area contributed by atoms with E-state index in [-0.39, 0.29) is 12.0 Å². The third-order valence-corrected chi connectivity index (χ3v) is 2.00. The Morgan fingerprint density at radius 1 is 1.25 bits per heavy atom. The highest BCUT2D eigenvalue weighted by atomic mass is 16.3. The number of hydrogen-bond donors (Lipinski definition) is 2. The molecule has 0 aromatic rings. The lowest BCUT2D eigenvalue weighted by Gasteiger charge is -2.32. The average molecular weight is 173 g/mol. The topological polar surface area (TPSA) is 32.3 Å². The van der Waals surface area contributed by atoms with E-state index in [2.05, 4.69) is 39.9 Å². The van der Waals surface area contributed by atoms with Gasteiger partial charge < -0.3 is 10.4 Å². The van der Waals surface area contributed by atoms with Gasteiger partial charge in [0.1, 0.15) is 0 Å². The summed E-state index contributed by atoms with van der Waals surface area (Å²) in [6.45, 7) is 11.1. The van der Waals surface area contributed by atoms with Gasteiger partial charge in [0.15, 0.2) is 0 Å². The first kappa shape index (κ1) is 11.9. The number of aliphatic hydroxyl groups is 1. The number of hydrogen-bond acceptors (Lipinski definition) is 2. The van der Waals surface area contributed by atoms with Crippen molar-refractivity contribution in [2.75, 3.05) is 6.61 Å². The number of aliphatic hydroxyl groups excluding tert-OH is 1. The Balaban J connectivity index is 4.04. The van der Waals surface area contributed by atoms with Crippen molar-refractivity contribution in [1.82, 2.24) is 5.32 Å². The summed E-state index contributed by atoms with van der Waals surface area (Å²) in [4.78, 5) is 0. The Hall–Kier alpha value is -0.0800. The Labute approximate surface area is 76.4 Å². The molecule has 2 nitrogen and oxygen atoms in total. The van der Waals surface area contributed by atoms with Crippen LogP contribution in [0.2, 0.25) is 0 Å². The van der Waals surface area contributed by atoms with Crippen LogP contribution in [0.3, 0.4) is 0 Å². The molecule has 0 aliphatic heterocycles. The third-order valence-electron chi connectivity index (χ3n) is 2.00. The predicted octanol–water partition coefficient (Wildman–Crippen LogP) is 1.78. The van der Waals surface area contributed by atoms with Crippen molar-refractivity contribution in [3.63, 3.8) is 0 Å². The molecule has 0 fully saturated rings. The summed E-state index contributed by atoms with van der Waals surface area (Å²) >= 11 is 0. The van der Waals surface area contributed by atoms with Gasteiger partial charge in [-0.05, 0) is 11.8 Å². The molecule has 2 N–H and O–H groups in total.